The molecule has 5 aliphatic rings. The number of benzene rings is 3. The zero-order valence-electron chi connectivity index (χ0n) is 38.6. The first-order valence-electron chi connectivity index (χ1n) is 24.0. The summed E-state index contributed by atoms with van der Waals surface area (Å²) in [4.78, 5) is 53.2. The van der Waals surface area contributed by atoms with Gasteiger partial charge in [0.05, 0.1) is 31.0 Å². The number of hydrogen-bond acceptors (Lipinski definition) is 13. The number of fused-ring (bicyclic) bond motifs is 4. The number of likely N-dealkylation sites (tertiary alicyclic amines) is 1. The number of hydrogen-bond donors (Lipinski definition) is 3. The Morgan fingerprint density at radius 1 is 1.01 bits per heavy atom. The first kappa shape index (κ1) is 43.2. The Balaban J connectivity index is 1.02. The Morgan fingerprint density at radius 2 is 1.87 bits per heavy atom. The van der Waals surface area contributed by atoms with Crippen molar-refractivity contribution in [2.24, 2.45) is 5.92 Å². The van der Waals surface area contributed by atoms with Crippen LogP contribution in [0.4, 0.5) is 11.5 Å². The molecule has 11 rings (SSSR count). The number of anilines is 2. The van der Waals surface area contributed by atoms with E-state index in [0.29, 0.717) is 67.0 Å². The van der Waals surface area contributed by atoms with Gasteiger partial charge in [-0.05, 0) is 91.3 Å². The summed E-state index contributed by atoms with van der Waals surface area (Å²) in [5.74, 6) is 1.60. The highest BCUT2D eigenvalue weighted by Crippen LogP contribution is 2.53. The Bertz CT molecular complexity index is 2880. The van der Waals surface area contributed by atoms with Gasteiger partial charge in [0.25, 0.3) is 0 Å². The molecule has 5 fully saturated rings. The van der Waals surface area contributed by atoms with E-state index < -0.39 is 12.1 Å². The van der Waals surface area contributed by atoms with Gasteiger partial charge in [-0.3, -0.25) is 19.4 Å². The average Bonchev–Trinajstić information content (AvgIpc) is 3.87. The molecule has 7 heterocycles. The number of rotatable bonds is 15. The first-order valence-corrected chi connectivity index (χ1v) is 24.0. The molecule has 4 unspecified atom stereocenters. The molecule has 348 valence electrons. The zero-order chi connectivity index (χ0) is 45.9. The number of ether oxygens (including phenoxy) is 3. The number of amides is 1. The number of nitrogens with one attached hydrogen (secondary N) is 3. The lowest BCUT2D eigenvalue weighted by atomic mass is 9.89. The summed E-state index contributed by atoms with van der Waals surface area (Å²) in [6, 6.07) is 12.5. The van der Waals surface area contributed by atoms with Crippen LogP contribution < -0.4 is 25.0 Å². The smallest absolute Gasteiger partial charge is 0.319 e. The summed E-state index contributed by atoms with van der Waals surface area (Å²) in [6.07, 6.45) is 11.4. The van der Waals surface area contributed by atoms with Crippen LogP contribution in [0.2, 0.25) is 0 Å². The van der Waals surface area contributed by atoms with Gasteiger partial charge < -0.3 is 39.4 Å². The van der Waals surface area contributed by atoms with Crippen LogP contribution >= 0.6 is 0 Å². The van der Waals surface area contributed by atoms with Crippen molar-refractivity contribution in [3.8, 4) is 34.0 Å². The highest BCUT2D eigenvalue weighted by atomic mass is 16.5. The molecular weight excluding hydrogens is 849 g/mol. The summed E-state index contributed by atoms with van der Waals surface area (Å²) in [5, 5.41) is 21.4. The predicted molar refractivity (Wildman–Crippen MR) is 255 cm³/mol. The van der Waals surface area contributed by atoms with Gasteiger partial charge in [0.1, 0.15) is 42.1 Å². The van der Waals surface area contributed by atoms with E-state index in [1.165, 1.54) is 5.56 Å². The summed E-state index contributed by atoms with van der Waals surface area (Å²) in [6.45, 7) is 9.81. The molecule has 16 heteroatoms. The van der Waals surface area contributed by atoms with Crippen LogP contribution in [0.15, 0.2) is 48.8 Å². The molecule has 3 aromatic heterocycles. The maximum Gasteiger partial charge on any atom is 0.319 e. The van der Waals surface area contributed by atoms with Crippen LogP contribution in [-0.4, -0.2) is 117 Å². The van der Waals surface area contributed by atoms with E-state index >= 15 is 0 Å². The topological polar surface area (TPSA) is 182 Å². The molecule has 2 bridgehead atoms. The number of piperazine rings is 1. The van der Waals surface area contributed by atoms with E-state index in [1.807, 2.05) is 45.3 Å². The standard InChI is InChI=1S/C51H58N10O6/c1-28(2)47(50(64)59-15-5-6-33(59)25-62)61-24-40(43(26-63)58-61)36-11-8-30(18-42(36)52-4)27-66-48-45(44-29(3)7-12-41-39(44)22-54-57-41)37(31-9-10-31)20-38-46(48)55-51(67-35-13-16-65-17-14-35)56-49(38)60-23-32-19-34(60)21-53-32/h7-8,11-12,18,20,22,24-26,28,31-35,47,52-53H,5-6,9-10,13-17,19,21,23,27H2,1-4H3,(H,54,57). The van der Waals surface area contributed by atoms with Crippen LogP contribution in [0, 0.1) is 12.8 Å². The van der Waals surface area contributed by atoms with Gasteiger partial charge >= 0.3 is 6.01 Å². The molecule has 3 aromatic carbocycles. The monoisotopic (exact) mass is 906 g/mol. The molecule has 16 nitrogen and oxygen atoms in total. The maximum absolute atomic E-state index is 14.0. The summed E-state index contributed by atoms with van der Waals surface area (Å²) in [5.41, 5.74) is 9.29. The number of nitrogens with zero attached hydrogens (tertiary/aromatic N) is 7. The fourth-order valence-corrected chi connectivity index (χ4v) is 11.0. The van der Waals surface area contributed by atoms with Gasteiger partial charge in [-0.15, -0.1) is 0 Å². The Labute approximate surface area is 389 Å². The van der Waals surface area contributed by atoms with E-state index in [-0.39, 0.29) is 30.2 Å². The molecule has 67 heavy (non-hydrogen) atoms. The molecule has 6 aromatic rings. The van der Waals surface area contributed by atoms with E-state index in [9.17, 15) is 14.4 Å². The fourth-order valence-electron chi connectivity index (χ4n) is 11.0. The van der Waals surface area contributed by atoms with E-state index in [1.54, 1.807) is 15.8 Å². The maximum atomic E-state index is 14.0. The van der Waals surface area contributed by atoms with Crippen molar-refractivity contribution in [1.82, 2.24) is 40.2 Å². The van der Waals surface area contributed by atoms with Crippen LogP contribution in [0.5, 0.6) is 11.8 Å². The van der Waals surface area contributed by atoms with Crippen LogP contribution in [0.1, 0.15) is 97.9 Å². The van der Waals surface area contributed by atoms with Crippen molar-refractivity contribution >= 4 is 51.8 Å². The Morgan fingerprint density at radius 3 is 2.60 bits per heavy atom. The molecule has 0 spiro atoms. The third kappa shape index (κ3) is 7.86. The molecular formula is C51H58N10O6. The van der Waals surface area contributed by atoms with Gasteiger partial charge in [0.15, 0.2) is 12.0 Å². The largest absolute Gasteiger partial charge is 0.486 e. The van der Waals surface area contributed by atoms with Crippen molar-refractivity contribution in [3.05, 3.63) is 71.2 Å². The average molecular weight is 907 g/mol. The zero-order valence-corrected chi connectivity index (χ0v) is 38.6. The van der Waals surface area contributed by atoms with Crippen molar-refractivity contribution in [2.75, 3.05) is 50.1 Å². The Hall–Kier alpha value is -6.39. The third-order valence-electron chi connectivity index (χ3n) is 14.6. The molecule has 1 aliphatic carbocycles. The van der Waals surface area contributed by atoms with Crippen LogP contribution in [0.25, 0.3) is 44.1 Å². The molecule has 3 N–H and O–H groups in total. The summed E-state index contributed by atoms with van der Waals surface area (Å²) < 4.78 is 21.2. The number of aromatic nitrogens is 6. The lowest BCUT2D eigenvalue weighted by Gasteiger charge is -2.31. The minimum atomic E-state index is -0.685. The Kier molecular flexibility index (Phi) is 11.4. The van der Waals surface area contributed by atoms with Gasteiger partial charge in [-0.1, -0.05) is 32.0 Å². The lowest BCUT2D eigenvalue weighted by Crippen LogP contribution is -2.44. The number of aldehydes is 2. The van der Waals surface area contributed by atoms with Crippen molar-refractivity contribution in [1.29, 1.82) is 0 Å². The summed E-state index contributed by atoms with van der Waals surface area (Å²) in [7, 11) is 1.85. The summed E-state index contributed by atoms with van der Waals surface area (Å²) >= 11 is 0. The quantitative estimate of drug-likeness (QED) is 0.0885. The minimum absolute atomic E-state index is 0.0609. The van der Waals surface area contributed by atoms with E-state index in [4.69, 9.17) is 24.2 Å². The second kappa shape index (κ2) is 17.7. The van der Waals surface area contributed by atoms with E-state index in [2.05, 4.69) is 56.0 Å². The fraction of sp³-hybridized carbons (Fsp3) is 0.471. The normalized spacial score (nSPS) is 21.2. The first-order chi connectivity index (χ1) is 32.7. The number of carbonyl (C=O) groups is 3. The number of aryl methyl sites for hydroxylation is 1. The SMILES string of the molecule is CNc1cc(COc2c(-c3c(C)ccc4[nH]ncc34)c(C3CC3)cc3c(N4CC5CC4CN5)nc(OC4CCOCC4)nc23)ccc1-c1cn(C(C(=O)N2CCCC2C=O)C(C)C)nc1C=O. The van der Waals surface area contributed by atoms with Crippen LogP contribution in [-0.2, 0) is 20.9 Å². The van der Waals surface area contributed by atoms with Gasteiger partial charge in [0.2, 0.25) is 5.91 Å². The van der Waals surface area contributed by atoms with Gasteiger partial charge in [0, 0.05) is 91.0 Å². The molecule has 0 radical (unpaired) electrons. The highest BCUT2D eigenvalue weighted by molar-refractivity contribution is 6.06. The number of H-pyrrole nitrogens is 1. The number of aromatic amines is 1. The molecule has 1 saturated carbocycles. The van der Waals surface area contributed by atoms with Gasteiger partial charge in [-0.25, -0.2) is 0 Å². The lowest BCUT2D eigenvalue weighted by molar-refractivity contribution is -0.139. The molecule has 4 aliphatic heterocycles. The second-order valence-electron chi connectivity index (χ2n) is 19.3. The van der Waals surface area contributed by atoms with E-state index in [0.717, 1.165) is 120 Å². The predicted octanol–water partition coefficient (Wildman–Crippen LogP) is 7.15. The van der Waals surface area contributed by atoms with Crippen LogP contribution in [0.3, 0.4) is 0 Å². The third-order valence-corrected chi connectivity index (χ3v) is 14.6. The van der Waals surface area contributed by atoms with Gasteiger partial charge in [-0.2, -0.15) is 20.2 Å². The van der Waals surface area contributed by atoms with Crippen molar-refractivity contribution in [2.45, 2.75) is 109 Å². The van der Waals surface area contributed by atoms with Crippen molar-refractivity contribution < 1.29 is 28.6 Å². The molecule has 4 atom stereocenters. The second-order valence-corrected chi connectivity index (χ2v) is 19.3. The van der Waals surface area contributed by atoms with Crippen molar-refractivity contribution in [3.63, 3.8) is 0 Å². The molecule has 1 amide bonds. The minimum Gasteiger partial charge on any atom is -0.486 e. The highest BCUT2D eigenvalue weighted by Gasteiger charge is 2.41. The molecule has 4 saturated heterocycles. The number of carbonyl (C=O) groups excluding carboxylic acids is 3.